The van der Waals surface area contributed by atoms with Gasteiger partial charge in [-0.05, 0) is 25.2 Å². The maximum Gasteiger partial charge on any atom is 0.239 e. The van der Waals surface area contributed by atoms with Gasteiger partial charge >= 0.3 is 0 Å². The lowest BCUT2D eigenvalue weighted by molar-refractivity contribution is -0.123. The zero-order valence-corrected chi connectivity index (χ0v) is 11.8. The Morgan fingerprint density at radius 2 is 1.89 bits per heavy atom. The van der Waals surface area contributed by atoms with Crippen molar-refractivity contribution in [2.45, 2.75) is 19.1 Å². The Morgan fingerprint density at radius 1 is 1.32 bits per heavy atom. The third-order valence-corrected chi connectivity index (χ3v) is 2.67. The number of hydrogen-bond donors (Lipinski definition) is 2. The lowest BCUT2D eigenvalue weighted by Crippen LogP contribution is -2.43. The van der Waals surface area contributed by atoms with Crippen molar-refractivity contribution in [1.29, 1.82) is 0 Å². The molecule has 0 fully saturated rings. The SMILES string of the molecule is COCC(N)C(=O)NCc1ccc(CN(C)C)cc1. The highest BCUT2D eigenvalue weighted by Crippen LogP contribution is 2.06. The van der Waals surface area contributed by atoms with E-state index in [1.807, 2.05) is 26.2 Å². The molecule has 0 radical (unpaired) electrons. The number of amides is 1. The van der Waals surface area contributed by atoms with Crippen LogP contribution in [-0.4, -0.2) is 44.7 Å². The average Bonchev–Trinajstić information content (AvgIpc) is 2.37. The van der Waals surface area contributed by atoms with Crippen LogP contribution in [0.2, 0.25) is 0 Å². The summed E-state index contributed by atoms with van der Waals surface area (Å²) in [5.41, 5.74) is 7.93. The minimum atomic E-state index is -0.613. The second-order valence-electron chi connectivity index (χ2n) is 4.83. The summed E-state index contributed by atoms with van der Waals surface area (Å²) < 4.78 is 4.84. The van der Waals surface area contributed by atoms with Crippen molar-refractivity contribution in [2.24, 2.45) is 5.73 Å². The minimum Gasteiger partial charge on any atom is -0.383 e. The highest BCUT2D eigenvalue weighted by molar-refractivity contribution is 5.81. The van der Waals surface area contributed by atoms with E-state index in [2.05, 4.69) is 22.3 Å². The highest BCUT2D eigenvalue weighted by atomic mass is 16.5. The summed E-state index contributed by atoms with van der Waals surface area (Å²) >= 11 is 0. The van der Waals surface area contributed by atoms with Crippen molar-refractivity contribution >= 4 is 5.91 Å². The van der Waals surface area contributed by atoms with Gasteiger partial charge < -0.3 is 20.7 Å². The van der Waals surface area contributed by atoms with Gasteiger partial charge in [-0.2, -0.15) is 0 Å². The second kappa shape index (κ2) is 7.89. The van der Waals surface area contributed by atoms with Gasteiger partial charge in [0.05, 0.1) is 6.61 Å². The fourth-order valence-electron chi connectivity index (χ4n) is 1.70. The molecule has 1 rings (SSSR count). The smallest absolute Gasteiger partial charge is 0.239 e. The van der Waals surface area contributed by atoms with Crippen LogP contribution in [0.3, 0.4) is 0 Å². The molecule has 1 aromatic carbocycles. The molecular weight excluding hydrogens is 242 g/mol. The maximum absolute atomic E-state index is 11.6. The third kappa shape index (κ3) is 5.83. The summed E-state index contributed by atoms with van der Waals surface area (Å²) in [4.78, 5) is 13.7. The molecule has 0 bridgehead atoms. The fraction of sp³-hybridized carbons (Fsp3) is 0.500. The van der Waals surface area contributed by atoms with E-state index < -0.39 is 6.04 Å². The molecule has 0 aliphatic carbocycles. The molecular formula is C14H23N3O2. The van der Waals surface area contributed by atoms with E-state index in [4.69, 9.17) is 10.5 Å². The molecule has 1 amide bonds. The van der Waals surface area contributed by atoms with Gasteiger partial charge in [-0.15, -0.1) is 0 Å². The second-order valence-corrected chi connectivity index (χ2v) is 4.83. The lowest BCUT2D eigenvalue weighted by Gasteiger charge is -2.12. The molecule has 5 nitrogen and oxygen atoms in total. The molecule has 0 spiro atoms. The number of nitrogens with one attached hydrogen (secondary N) is 1. The van der Waals surface area contributed by atoms with Crippen molar-refractivity contribution in [2.75, 3.05) is 27.8 Å². The number of nitrogens with zero attached hydrogens (tertiary/aromatic N) is 1. The summed E-state index contributed by atoms with van der Waals surface area (Å²) in [6.07, 6.45) is 0. The van der Waals surface area contributed by atoms with Crippen molar-refractivity contribution < 1.29 is 9.53 Å². The first-order valence-electron chi connectivity index (χ1n) is 6.27. The number of nitrogens with two attached hydrogens (primary N) is 1. The van der Waals surface area contributed by atoms with Gasteiger partial charge in [0.25, 0.3) is 0 Å². The summed E-state index contributed by atoms with van der Waals surface area (Å²) in [7, 11) is 5.59. The zero-order valence-electron chi connectivity index (χ0n) is 11.8. The van der Waals surface area contributed by atoms with Crippen molar-refractivity contribution in [3.8, 4) is 0 Å². The maximum atomic E-state index is 11.6. The first kappa shape index (κ1) is 15.6. The molecule has 5 heteroatoms. The Morgan fingerprint density at radius 3 is 2.42 bits per heavy atom. The summed E-state index contributed by atoms with van der Waals surface area (Å²) in [6, 6.07) is 7.55. The topological polar surface area (TPSA) is 67.6 Å². The Hall–Kier alpha value is -1.43. The number of benzene rings is 1. The third-order valence-electron chi connectivity index (χ3n) is 2.67. The van der Waals surface area contributed by atoms with Crippen LogP contribution in [-0.2, 0) is 22.6 Å². The van der Waals surface area contributed by atoms with E-state index in [1.54, 1.807) is 0 Å². The molecule has 0 saturated heterocycles. The van der Waals surface area contributed by atoms with Gasteiger partial charge in [0, 0.05) is 20.2 Å². The summed E-state index contributed by atoms with van der Waals surface area (Å²) in [6.45, 7) is 1.62. The van der Waals surface area contributed by atoms with Gasteiger partial charge in [0.2, 0.25) is 5.91 Å². The molecule has 1 unspecified atom stereocenters. The standard InChI is InChI=1S/C14H23N3O2/c1-17(2)9-12-6-4-11(5-7-12)8-16-14(18)13(15)10-19-3/h4-7,13H,8-10,15H2,1-3H3,(H,16,18). The first-order chi connectivity index (χ1) is 9.02. The largest absolute Gasteiger partial charge is 0.383 e. The molecule has 0 aliphatic rings. The quantitative estimate of drug-likeness (QED) is 0.746. The number of hydrogen-bond acceptors (Lipinski definition) is 4. The van der Waals surface area contributed by atoms with Crippen molar-refractivity contribution in [3.63, 3.8) is 0 Å². The van der Waals surface area contributed by atoms with Crippen LogP contribution in [0.25, 0.3) is 0 Å². The number of ether oxygens (including phenoxy) is 1. The van der Waals surface area contributed by atoms with E-state index in [-0.39, 0.29) is 12.5 Å². The molecule has 3 N–H and O–H groups in total. The summed E-state index contributed by atoms with van der Waals surface area (Å²) in [5, 5.41) is 2.79. The summed E-state index contributed by atoms with van der Waals surface area (Å²) in [5.74, 6) is -0.195. The van der Waals surface area contributed by atoms with E-state index in [1.165, 1.54) is 12.7 Å². The van der Waals surface area contributed by atoms with E-state index in [9.17, 15) is 4.79 Å². The molecule has 0 aliphatic heterocycles. The Kier molecular flexibility index (Phi) is 6.49. The number of rotatable bonds is 7. The Bertz CT molecular complexity index is 390. The van der Waals surface area contributed by atoms with Crippen LogP contribution >= 0.6 is 0 Å². The number of methoxy groups -OCH3 is 1. The lowest BCUT2D eigenvalue weighted by atomic mass is 10.1. The van der Waals surface area contributed by atoms with Gasteiger partial charge in [-0.25, -0.2) is 0 Å². The molecule has 1 aromatic rings. The number of carbonyl (C=O) groups is 1. The van der Waals surface area contributed by atoms with E-state index >= 15 is 0 Å². The molecule has 0 aromatic heterocycles. The predicted molar refractivity (Wildman–Crippen MR) is 75.5 cm³/mol. The van der Waals surface area contributed by atoms with Crippen molar-refractivity contribution in [1.82, 2.24) is 10.2 Å². The van der Waals surface area contributed by atoms with Crippen LogP contribution in [0.4, 0.5) is 0 Å². The van der Waals surface area contributed by atoms with Gasteiger partial charge in [0.15, 0.2) is 0 Å². The first-order valence-corrected chi connectivity index (χ1v) is 6.27. The van der Waals surface area contributed by atoms with Crippen LogP contribution in [0, 0.1) is 0 Å². The van der Waals surface area contributed by atoms with Gasteiger partial charge in [0.1, 0.15) is 6.04 Å². The zero-order chi connectivity index (χ0) is 14.3. The van der Waals surface area contributed by atoms with Crippen LogP contribution in [0.5, 0.6) is 0 Å². The Balaban J connectivity index is 2.43. The van der Waals surface area contributed by atoms with Gasteiger partial charge in [-0.1, -0.05) is 24.3 Å². The van der Waals surface area contributed by atoms with Crippen LogP contribution < -0.4 is 11.1 Å². The normalized spacial score (nSPS) is 12.5. The monoisotopic (exact) mass is 265 g/mol. The van der Waals surface area contributed by atoms with Crippen LogP contribution in [0.1, 0.15) is 11.1 Å². The van der Waals surface area contributed by atoms with Gasteiger partial charge in [-0.3, -0.25) is 4.79 Å². The molecule has 0 saturated carbocycles. The highest BCUT2D eigenvalue weighted by Gasteiger charge is 2.11. The van der Waals surface area contributed by atoms with Crippen LogP contribution in [0.15, 0.2) is 24.3 Å². The molecule has 1 atom stereocenters. The minimum absolute atomic E-state index is 0.195. The predicted octanol–water partition coefficient (Wildman–Crippen LogP) is 0.338. The molecule has 106 valence electrons. The molecule has 19 heavy (non-hydrogen) atoms. The number of carbonyl (C=O) groups excluding carboxylic acids is 1. The van der Waals surface area contributed by atoms with E-state index in [0.29, 0.717) is 6.54 Å². The van der Waals surface area contributed by atoms with Crippen molar-refractivity contribution in [3.05, 3.63) is 35.4 Å². The fourth-order valence-corrected chi connectivity index (χ4v) is 1.70. The van der Waals surface area contributed by atoms with E-state index in [0.717, 1.165) is 12.1 Å². The molecule has 0 heterocycles. The Labute approximate surface area is 114 Å². The average molecular weight is 265 g/mol.